The number of ketones is 1. The standard InChI is InChI=1S/C9H6BrF3O2/c1-5(14)8-6(10)3-2-4-7(8)15-9(11,12)13/h2-4H,1H3. The second kappa shape index (κ2) is 4.22. The predicted molar refractivity (Wildman–Crippen MR) is 50.8 cm³/mol. The number of Topliss-reactive ketones (excluding diaryl/α,β-unsaturated/α-hetero) is 1. The molecule has 0 saturated carbocycles. The van der Waals surface area contributed by atoms with Gasteiger partial charge in [-0.2, -0.15) is 0 Å². The Bertz CT molecular complexity index is 387. The van der Waals surface area contributed by atoms with Crippen molar-refractivity contribution >= 4 is 21.7 Å². The van der Waals surface area contributed by atoms with E-state index >= 15 is 0 Å². The molecule has 0 heterocycles. The van der Waals surface area contributed by atoms with Gasteiger partial charge in [0.05, 0.1) is 5.56 Å². The minimum absolute atomic E-state index is 0.116. The highest BCUT2D eigenvalue weighted by atomic mass is 79.9. The van der Waals surface area contributed by atoms with Gasteiger partial charge in [-0.15, -0.1) is 13.2 Å². The molecule has 0 bridgehead atoms. The van der Waals surface area contributed by atoms with E-state index in [4.69, 9.17) is 0 Å². The second-order valence-corrected chi connectivity index (χ2v) is 3.57. The maximum atomic E-state index is 12.0. The highest BCUT2D eigenvalue weighted by Crippen LogP contribution is 2.31. The number of ether oxygens (including phenoxy) is 1. The fourth-order valence-electron chi connectivity index (χ4n) is 1.06. The van der Waals surface area contributed by atoms with Crippen molar-refractivity contribution in [1.29, 1.82) is 0 Å². The van der Waals surface area contributed by atoms with Gasteiger partial charge in [-0.3, -0.25) is 4.79 Å². The smallest absolute Gasteiger partial charge is 0.405 e. The van der Waals surface area contributed by atoms with Gasteiger partial charge in [-0.1, -0.05) is 6.07 Å². The van der Waals surface area contributed by atoms with Gasteiger partial charge >= 0.3 is 6.36 Å². The number of halogens is 4. The van der Waals surface area contributed by atoms with Crippen LogP contribution < -0.4 is 4.74 Å². The van der Waals surface area contributed by atoms with E-state index in [9.17, 15) is 18.0 Å². The number of hydrogen-bond donors (Lipinski definition) is 0. The summed E-state index contributed by atoms with van der Waals surface area (Å²) in [6.07, 6.45) is -4.80. The summed E-state index contributed by atoms with van der Waals surface area (Å²) in [6, 6.07) is 3.92. The summed E-state index contributed by atoms with van der Waals surface area (Å²) >= 11 is 2.99. The summed E-state index contributed by atoms with van der Waals surface area (Å²) in [5.41, 5.74) is -0.116. The molecule has 0 radical (unpaired) electrons. The summed E-state index contributed by atoms with van der Waals surface area (Å²) < 4.78 is 39.9. The number of carbonyl (C=O) groups excluding carboxylic acids is 1. The average Bonchev–Trinajstić information content (AvgIpc) is 1.99. The lowest BCUT2D eigenvalue weighted by atomic mass is 10.1. The number of hydrogen-bond acceptors (Lipinski definition) is 2. The fraction of sp³-hybridized carbons (Fsp3) is 0.222. The summed E-state index contributed by atoms with van der Waals surface area (Å²) in [6.45, 7) is 1.17. The van der Waals surface area contributed by atoms with E-state index in [1.807, 2.05) is 0 Å². The number of alkyl halides is 3. The van der Waals surface area contributed by atoms with Crippen LogP contribution >= 0.6 is 15.9 Å². The highest BCUT2D eigenvalue weighted by molar-refractivity contribution is 9.10. The lowest BCUT2D eigenvalue weighted by molar-refractivity contribution is -0.274. The van der Waals surface area contributed by atoms with Crippen molar-refractivity contribution in [2.24, 2.45) is 0 Å². The minimum atomic E-state index is -4.80. The van der Waals surface area contributed by atoms with Crippen molar-refractivity contribution < 1.29 is 22.7 Å². The Labute approximate surface area is 92.2 Å². The van der Waals surface area contributed by atoms with Crippen molar-refractivity contribution in [3.8, 4) is 5.75 Å². The van der Waals surface area contributed by atoms with E-state index < -0.39 is 17.9 Å². The Morgan fingerprint density at radius 2 is 2.00 bits per heavy atom. The van der Waals surface area contributed by atoms with Crippen LogP contribution in [0.15, 0.2) is 22.7 Å². The predicted octanol–water partition coefficient (Wildman–Crippen LogP) is 3.55. The zero-order chi connectivity index (χ0) is 11.6. The fourth-order valence-corrected chi connectivity index (χ4v) is 1.68. The van der Waals surface area contributed by atoms with Gasteiger partial charge in [0.1, 0.15) is 5.75 Å². The molecule has 15 heavy (non-hydrogen) atoms. The van der Waals surface area contributed by atoms with Crippen LogP contribution in [0.2, 0.25) is 0 Å². The molecule has 0 amide bonds. The van der Waals surface area contributed by atoms with Crippen LogP contribution in [-0.2, 0) is 0 Å². The van der Waals surface area contributed by atoms with Gasteiger partial charge in [0.25, 0.3) is 0 Å². The molecule has 0 N–H and O–H groups in total. The Morgan fingerprint density at radius 1 is 1.40 bits per heavy atom. The van der Waals surface area contributed by atoms with Crippen molar-refractivity contribution in [3.63, 3.8) is 0 Å². The molecule has 1 aromatic carbocycles. The highest BCUT2D eigenvalue weighted by Gasteiger charge is 2.32. The second-order valence-electron chi connectivity index (χ2n) is 2.72. The van der Waals surface area contributed by atoms with Crippen molar-refractivity contribution in [2.45, 2.75) is 13.3 Å². The molecule has 2 nitrogen and oxygen atoms in total. The molecule has 0 atom stereocenters. The topological polar surface area (TPSA) is 26.3 Å². The van der Waals surface area contributed by atoms with E-state index in [1.54, 1.807) is 0 Å². The van der Waals surface area contributed by atoms with E-state index in [-0.39, 0.29) is 10.0 Å². The molecule has 0 unspecified atom stereocenters. The first-order valence-corrected chi connectivity index (χ1v) is 4.66. The summed E-state index contributed by atoms with van der Waals surface area (Å²) in [4.78, 5) is 11.1. The van der Waals surface area contributed by atoms with Crippen LogP contribution in [0.25, 0.3) is 0 Å². The van der Waals surface area contributed by atoms with Gasteiger partial charge in [-0.25, -0.2) is 0 Å². The van der Waals surface area contributed by atoms with E-state index in [2.05, 4.69) is 20.7 Å². The maximum Gasteiger partial charge on any atom is 0.573 e. The molecule has 1 aromatic rings. The van der Waals surface area contributed by atoms with Crippen LogP contribution in [0, 0.1) is 0 Å². The first-order valence-electron chi connectivity index (χ1n) is 3.86. The normalized spacial score (nSPS) is 11.3. The first-order chi connectivity index (χ1) is 6.81. The molecule has 0 aromatic heterocycles. The zero-order valence-corrected chi connectivity index (χ0v) is 9.15. The Morgan fingerprint density at radius 3 is 2.47 bits per heavy atom. The molecule has 0 aliphatic carbocycles. The third-order valence-electron chi connectivity index (χ3n) is 1.55. The van der Waals surface area contributed by atoms with Gasteiger partial charge in [0, 0.05) is 4.47 Å². The van der Waals surface area contributed by atoms with Crippen molar-refractivity contribution in [3.05, 3.63) is 28.2 Å². The maximum absolute atomic E-state index is 12.0. The number of rotatable bonds is 2. The molecule has 0 aliphatic heterocycles. The lowest BCUT2D eigenvalue weighted by Crippen LogP contribution is -2.18. The van der Waals surface area contributed by atoms with Crippen molar-refractivity contribution in [2.75, 3.05) is 0 Å². The van der Waals surface area contributed by atoms with E-state index in [1.165, 1.54) is 19.1 Å². The van der Waals surface area contributed by atoms with Crippen LogP contribution in [0.3, 0.4) is 0 Å². The molecule has 1 rings (SSSR count). The minimum Gasteiger partial charge on any atom is -0.405 e. The zero-order valence-electron chi connectivity index (χ0n) is 7.56. The largest absolute Gasteiger partial charge is 0.573 e. The van der Waals surface area contributed by atoms with Gasteiger partial charge < -0.3 is 4.74 Å². The molecule has 6 heteroatoms. The summed E-state index contributed by atoms with van der Waals surface area (Å²) in [5.74, 6) is -0.994. The van der Waals surface area contributed by atoms with E-state index in [0.29, 0.717) is 0 Å². The monoisotopic (exact) mass is 282 g/mol. The van der Waals surface area contributed by atoms with Gasteiger partial charge in [-0.05, 0) is 35.0 Å². The van der Waals surface area contributed by atoms with Gasteiger partial charge in [0.15, 0.2) is 5.78 Å². The Kier molecular flexibility index (Phi) is 3.38. The SMILES string of the molecule is CC(=O)c1c(Br)cccc1OC(F)(F)F. The summed E-state index contributed by atoms with van der Waals surface area (Å²) in [7, 11) is 0. The molecular weight excluding hydrogens is 277 g/mol. The molecule has 0 fully saturated rings. The van der Waals surface area contributed by atoms with Crippen LogP contribution in [0.4, 0.5) is 13.2 Å². The quantitative estimate of drug-likeness (QED) is 0.776. The van der Waals surface area contributed by atoms with Gasteiger partial charge in [0.2, 0.25) is 0 Å². The van der Waals surface area contributed by atoms with Crippen LogP contribution in [0.5, 0.6) is 5.75 Å². The first kappa shape index (κ1) is 12.0. The Hall–Kier alpha value is -1.04. The van der Waals surface area contributed by atoms with Crippen molar-refractivity contribution in [1.82, 2.24) is 0 Å². The third kappa shape index (κ3) is 3.23. The summed E-state index contributed by atoms with van der Waals surface area (Å²) in [5, 5.41) is 0. The average molecular weight is 283 g/mol. The molecule has 82 valence electrons. The molecule has 0 aliphatic rings. The number of benzene rings is 1. The van der Waals surface area contributed by atoms with Crippen LogP contribution in [-0.4, -0.2) is 12.1 Å². The Balaban J connectivity index is 3.18. The van der Waals surface area contributed by atoms with E-state index in [0.717, 1.165) is 6.07 Å². The molecule has 0 saturated heterocycles. The van der Waals surface area contributed by atoms with Crippen LogP contribution in [0.1, 0.15) is 17.3 Å². The molecular formula is C9H6BrF3O2. The number of carbonyl (C=O) groups is 1. The third-order valence-corrected chi connectivity index (χ3v) is 2.21. The molecule has 0 spiro atoms. The lowest BCUT2D eigenvalue weighted by Gasteiger charge is -2.12.